The Hall–Kier alpha value is -2.98. The minimum atomic E-state index is 0.613. The van der Waals surface area contributed by atoms with Gasteiger partial charge in [-0.15, -0.1) is 0 Å². The minimum Gasteiger partial charge on any atom is -0.343 e. The largest absolute Gasteiger partial charge is 0.343 e. The fourth-order valence-electron chi connectivity index (χ4n) is 4.65. The lowest BCUT2D eigenvalue weighted by Crippen LogP contribution is -2.31. The number of fused-ring (bicyclic) bond motifs is 2. The van der Waals surface area contributed by atoms with Crippen LogP contribution in [0.3, 0.4) is 0 Å². The van der Waals surface area contributed by atoms with Crippen LogP contribution >= 0.6 is 0 Å². The standard InChI is InChI=1S/C26H26N4/c1-2-6-19(7-3-1)15-30-17-22(23-8-4-5-9-25(23)30)16-29-13-12-21-14-27-26(20-10-11-20)28-24(21)18-29/h1-9,14,17,20H,10-13,15-16,18H2. The van der Waals surface area contributed by atoms with Crippen LogP contribution in [0.15, 0.2) is 67.0 Å². The third-order valence-electron chi connectivity index (χ3n) is 6.45. The molecule has 1 saturated carbocycles. The predicted octanol–water partition coefficient (Wildman–Crippen LogP) is 4.92. The molecule has 2 aliphatic rings. The molecule has 0 atom stereocenters. The molecule has 0 spiro atoms. The minimum absolute atomic E-state index is 0.613. The maximum atomic E-state index is 4.93. The van der Waals surface area contributed by atoms with Gasteiger partial charge in [-0.1, -0.05) is 48.5 Å². The summed E-state index contributed by atoms with van der Waals surface area (Å²) in [5, 5.41) is 1.36. The normalized spacial score (nSPS) is 16.7. The summed E-state index contributed by atoms with van der Waals surface area (Å²) in [6.07, 6.45) is 7.98. The Morgan fingerprint density at radius 1 is 0.933 bits per heavy atom. The summed E-state index contributed by atoms with van der Waals surface area (Å²) in [5.41, 5.74) is 6.63. The van der Waals surface area contributed by atoms with Gasteiger partial charge in [-0.25, -0.2) is 9.97 Å². The molecule has 1 fully saturated rings. The molecule has 3 heterocycles. The van der Waals surface area contributed by atoms with Gasteiger partial charge < -0.3 is 4.57 Å². The molecule has 4 heteroatoms. The molecule has 6 rings (SSSR count). The third-order valence-corrected chi connectivity index (χ3v) is 6.45. The zero-order valence-electron chi connectivity index (χ0n) is 17.2. The summed E-state index contributed by atoms with van der Waals surface area (Å²) < 4.78 is 2.39. The van der Waals surface area contributed by atoms with Gasteiger partial charge in [-0.2, -0.15) is 0 Å². The molecule has 4 nitrogen and oxygen atoms in total. The first kappa shape index (κ1) is 17.8. The molecule has 4 aromatic rings. The molecule has 0 amide bonds. The average Bonchev–Trinajstić information content (AvgIpc) is 3.59. The highest BCUT2D eigenvalue weighted by Crippen LogP contribution is 2.38. The van der Waals surface area contributed by atoms with Gasteiger partial charge in [0.15, 0.2) is 0 Å². The van der Waals surface area contributed by atoms with Crippen molar-refractivity contribution >= 4 is 10.9 Å². The van der Waals surface area contributed by atoms with Crippen molar-refractivity contribution in [2.45, 2.75) is 44.8 Å². The van der Waals surface area contributed by atoms with Crippen molar-refractivity contribution in [1.82, 2.24) is 19.4 Å². The van der Waals surface area contributed by atoms with Crippen LogP contribution in [0.4, 0.5) is 0 Å². The lowest BCUT2D eigenvalue weighted by molar-refractivity contribution is 0.241. The van der Waals surface area contributed by atoms with E-state index in [1.165, 1.54) is 46.1 Å². The smallest absolute Gasteiger partial charge is 0.131 e. The summed E-state index contributed by atoms with van der Waals surface area (Å²) in [7, 11) is 0. The molecule has 0 N–H and O–H groups in total. The van der Waals surface area contributed by atoms with Gasteiger partial charge in [0.25, 0.3) is 0 Å². The zero-order chi connectivity index (χ0) is 19.9. The maximum Gasteiger partial charge on any atom is 0.131 e. The van der Waals surface area contributed by atoms with Crippen molar-refractivity contribution in [3.63, 3.8) is 0 Å². The number of benzene rings is 2. The number of hydrogen-bond donors (Lipinski definition) is 0. The van der Waals surface area contributed by atoms with E-state index in [4.69, 9.17) is 4.98 Å². The topological polar surface area (TPSA) is 34.0 Å². The van der Waals surface area contributed by atoms with Gasteiger partial charge in [-0.3, -0.25) is 4.90 Å². The highest BCUT2D eigenvalue weighted by molar-refractivity contribution is 5.84. The summed E-state index contributed by atoms with van der Waals surface area (Å²) in [5.74, 6) is 1.68. The Kier molecular flexibility index (Phi) is 4.38. The number of aromatic nitrogens is 3. The molecule has 0 saturated heterocycles. The summed E-state index contributed by atoms with van der Waals surface area (Å²) in [6.45, 7) is 3.86. The van der Waals surface area contributed by atoms with Crippen molar-refractivity contribution < 1.29 is 0 Å². The SMILES string of the molecule is c1ccc(Cn2cc(CN3CCc4cnc(C5CC5)nc4C3)c3ccccc32)cc1. The number of para-hydroxylation sites is 1. The van der Waals surface area contributed by atoms with Crippen LogP contribution in [0.1, 0.15) is 47.0 Å². The van der Waals surface area contributed by atoms with E-state index in [0.29, 0.717) is 5.92 Å². The van der Waals surface area contributed by atoms with E-state index in [9.17, 15) is 0 Å². The van der Waals surface area contributed by atoms with Gasteiger partial charge >= 0.3 is 0 Å². The Morgan fingerprint density at radius 3 is 2.63 bits per heavy atom. The van der Waals surface area contributed by atoms with Crippen molar-refractivity contribution in [2.75, 3.05) is 6.54 Å². The fourth-order valence-corrected chi connectivity index (χ4v) is 4.65. The highest BCUT2D eigenvalue weighted by Gasteiger charge is 2.28. The summed E-state index contributed by atoms with van der Waals surface area (Å²) in [6, 6.07) is 19.5. The van der Waals surface area contributed by atoms with Crippen LogP contribution in [0.2, 0.25) is 0 Å². The second-order valence-electron chi connectivity index (χ2n) is 8.72. The molecule has 150 valence electrons. The molecular weight excluding hydrogens is 368 g/mol. The van der Waals surface area contributed by atoms with Crippen LogP contribution < -0.4 is 0 Å². The van der Waals surface area contributed by atoms with Crippen molar-refractivity contribution in [1.29, 1.82) is 0 Å². The molecule has 2 aromatic carbocycles. The second-order valence-corrected chi connectivity index (χ2v) is 8.72. The predicted molar refractivity (Wildman–Crippen MR) is 119 cm³/mol. The Labute approximate surface area is 177 Å². The summed E-state index contributed by atoms with van der Waals surface area (Å²) in [4.78, 5) is 12.1. The Balaban J connectivity index is 1.27. The van der Waals surface area contributed by atoms with Gasteiger partial charge in [0, 0.05) is 55.4 Å². The van der Waals surface area contributed by atoms with Crippen LogP contribution in [-0.4, -0.2) is 26.0 Å². The Bertz CT molecular complexity index is 1190. The van der Waals surface area contributed by atoms with E-state index < -0.39 is 0 Å². The number of hydrogen-bond acceptors (Lipinski definition) is 3. The molecule has 1 aliphatic heterocycles. The van der Waals surface area contributed by atoms with E-state index in [2.05, 4.69) is 81.4 Å². The van der Waals surface area contributed by atoms with Crippen molar-refractivity contribution in [2.24, 2.45) is 0 Å². The van der Waals surface area contributed by atoms with E-state index in [1.807, 2.05) is 0 Å². The van der Waals surface area contributed by atoms with E-state index >= 15 is 0 Å². The zero-order valence-corrected chi connectivity index (χ0v) is 17.2. The van der Waals surface area contributed by atoms with E-state index in [1.54, 1.807) is 0 Å². The molecular formula is C26H26N4. The lowest BCUT2D eigenvalue weighted by Gasteiger charge is -2.27. The average molecular weight is 395 g/mol. The lowest BCUT2D eigenvalue weighted by atomic mass is 10.1. The quantitative estimate of drug-likeness (QED) is 0.482. The molecule has 0 unspecified atom stereocenters. The van der Waals surface area contributed by atoms with Crippen LogP contribution in [0, 0.1) is 0 Å². The monoisotopic (exact) mass is 394 g/mol. The molecule has 2 aromatic heterocycles. The van der Waals surface area contributed by atoms with Crippen molar-refractivity contribution in [3.05, 3.63) is 95.2 Å². The van der Waals surface area contributed by atoms with Crippen LogP contribution in [0.25, 0.3) is 10.9 Å². The first-order chi connectivity index (χ1) is 14.8. The first-order valence-electron chi connectivity index (χ1n) is 11.0. The Morgan fingerprint density at radius 2 is 1.77 bits per heavy atom. The number of rotatable bonds is 5. The van der Waals surface area contributed by atoms with Gasteiger partial charge in [-0.05, 0) is 42.0 Å². The first-order valence-corrected chi connectivity index (χ1v) is 11.0. The van der Waals surface area contributed by atoms with Crippen LogP contribution in [0.5, 0.6) is 0 Å². The maximum absolute atomic E-state index is 4.93. The highest BCUT2D eigenvalue weighted by atomic mass is 15.1. The van der Waals surface area contributed by atoms with Gasteiger partial charge in [0.05, 0.1) is 5.69 Å². The summed E-state index contributed by atoms with van der Waals surface area (Å²) >= 11 is 0. The van der Waals surface area contributed by atoms with Gasteiger partial charge in [0.2, 0.25) is 0 Å². The fraction of sp³-hybridized carbons (Fsp3) is 0.308. The molecule has 30 heavy (non-hydrogen) atoms. The van der Waals surface area contributed by atoms with Gasteiger partial charge in [0.1, 0.15) is 5.82 Å². The van der Waals surface area contributed by atoms with E-state index in [-0.39, 0.29) is 0 Å². The molecule has 0 radical (unpaired) electrons. The van der Waals surface area contributed by atoms with Crippen molar-refractivity contribution in [3.8, 4) is 0 Å². The number of nitrogens with zero attached hydrogens (tertiary/aromatic N) is 4. The van der Waals surface area contributed by atoms with Crippen LogP contribution in [-0.2, 0) is 26.1 Å². The second kappa shape index (κ2) is 7.37. The third kappa shape index (κ3) is 3.41. The molecule has 0 bridgehead atoms. The van der Waals surface area contributed by atoms with E-state index in [0.717, 1.165) is 38.4 Å². The molecule has 1 aliphatic carbocycles.